The van der Waals surface area contributed by atoms with Crippen LogP contribution in [-0.2, 0) is 0 Å². The fourth-order valence-electron chi connectivity index (χ4n) is 3.82. The van der Waals surface area contributed by atoms with Crippen molar-refractivity contribution >= 4 is 5.71 Å². The molecule has 3 atom stereocenters. The quantitative estimate of drug-likeness (QED) is 0.654. The first-order valence-electron chi connectivity index (χ1n) is 6.37. The van der Waals surface area contributed by atoms with Crippen LogP contribution in [0.2, 0.25) is 0 Å². The van der Waals surface area contributed by atoms with Crippen LogP contribution in [-0.4, -0.2) is 5.71 Å². The first kappa shape index (κ1) is 10.9. The van der Waals surface area contributed by atoms with Crippen LogP contribution >= 0.6 is 0 Å². The van der Waals surface area contributed by atoms with Gasteiger partial charge in [-0.3, -0.25) is 0 Å². The zero-order valence-corrected chi connectivity index (χ0v) is 10.3. The van der Waals surface area contributed by atoms with Gasteiger partial charge >= 0.3 is 0 Å². The lowest BCUT2D eigenvalue weighted by Crippen LogP contribution is -2.30. The predicted octanol–water partition coefficient (Wildman–Crippen LogP) is 4.19. The monoisotopic (exact) mass is 205 g/mol. The van der Waals surface area contributed by atoms with E-state index in [-0.39, 0.29) is 0 Å². The van der Waals surface area contributed by atoms with E-state index >= 15 is 0 Å². The van der Waals surface area contributed by atoms with Crippen molar-refractivity contribution in [3.05, 3.63) is 11.1 Å². The largest absolute Gasteiger partial charge is 0.305 e. The molecule has 0 radical (unpaired) electrons. The summed E-state index contributed by atoms with van der Waals surface area (Å²) in [5.41, 5.74) is 3.75. The van der Waals surface area contributed by atoms with Gasteiger partial charge in [-0.15, -0.1) is 0 Å². The highest BCUT2D eigenvalue weighted by molar-refractivity contribution is 5.97. The minimum absolute atomic E-state index is 0.722. The summed E-state index contributed by atoms with van der Waals surface area (Å²) in [5, 5.41) is 7.91. The smallest absolute Gasteiger partial charge is 0.0317 e. The standard InChI is InChI=1S/C14H23N/c1-4-11-6-12-5-9(2)14(10(3)15)13(7-11)8-12/h11-13,15H,4-8H2,1-3H3. The van der Waals surface area contributed by atoms with Gasteiger partial charge in [0.15, 0.2) is 0 Å². The lowest BCUT2D eigenvalue weighted by Gasteiger charge is -2.41. The Bertz CT molecular complexity index is 300. The van der Waals surface area contributed by atoms with Crippen molar-refractivity contribution in [1.29, 1.82) is 5.41 Å². The third kappa shape index (κ3) is 2.02. The van der Waals surface area contributed by atoms with Crippen LogP contribution in [0.25, 0.3) is 0 Å². The molecule has 2 aliphatic rings. The molecule has 3 unspecified atom stereocenters. The second-order valence-corrected chi connectivity index (χ2v) is 5.57. The van der Waals surface area contributed by atoms with E-state index in [9.17, 15) is 0 Å². The Morgan fingerprint density at radius 2 is 2.07 bits per heavy atom. The predicted molar refractivity (Wildman–Crippen MR) is 65.3 cm³/mol. The number of hydrogen-bond donors (Lipinski definition) is 1. The maximum Gasteiger partial charge on any atom is 0.0317 e. The molecule has 0 aromatic carbocycles. The summed E-state index contributed by atoms with van der Waals surface area (Å²) in [6.07, 6.45) is 6.74. The Morgan fingerprint density at radius 3 is 2.67 bits per heavy atom. The fraction of sp³-hybridized carbons (Fsp3) is 0.786. The number of rotatable bonds is 2. The Balaban J connectivity index is 2.24. The topological polar surface area (TPSA) is 23.9 Å². The van der Waals surface area contributed by atoms with E-state index in [0.29, 0.717) is 0 Å². The molecule has 2 rings (SSSR count). The molecule has 0 aromatic heterocycles. The summed E-state index contributed by atoms with van der Waals surface area (Å²) in [6.45, 7) is 6.53. The van der Waals surface area contributed by atoms with Crippen LogP contribution in [0, 0.1) is 23.2 Å². The van der Waals surface area contributed by atoms with Gasteiger partial charge in [0.2, 0.25) is 0 Å². The van der Waals surface area contributed by atoms with Gasteiger partial charge in [0.25, 0.3) is 0 Å². The molecular weight excluding hydrogens is 182 g/mol. The van der Waals surface area contributed by atoms with Crippen molar-refractivity contribution in [1.82, 2.24) is 0 Å². The molecule has 1 saturated carbocycles. The highest BCUT2D eigenvalue weighted by Gasteiger charge is 2.35. The Labute approximate surface area is 93.5 Å². The normalized spacial score (nSPS) is 35.5. The van der Waals surface area contributed by atoms with Crippen molar-refractivity contribution in [2.24, 2.45) is 17.8 Å². The molecule has 0 aliphatic heterocycles. The van der Waals surface area contributed by atoms with Crippen LogP contribution in [0.5, 0.6) is 0 Å². The first-order chi connectivity index (χ1) is 7.11. The lowest BCUT2D eigenvalue weighted by molar-refractivity contribution is 0.199. The summed E-state index contributed by atoms with van der Waals surface area (Å²) in [4.78, 5) is 0. The summed E-state index contributed by atoms with van der Waals surface area (Å²) < 4.78 is 0. The van der Waals surface area contributed by atoms with Crippen molar-refractivity contribution in [2.75, 3.05) is 0 Å². The van der Waals surface area contributed by atoms with Gasteiger partial charge in [-0.05, 0) is 62.9 Å². The maximum absolute atomic E-state index is 7.91. The van der Waals surface area contributed by atoms with E-state index in [2.05, 4.69) is 13.8 Å². The van der Waals surface area contributed by atoms with Crippen molar-refractivity contribution in [3.8, 4) is 0 Å². The van der Waals surface area contributed by atoms with E-state index < -0.39 is 0 Å². The SMILES string of the molecule is CCC1CC2CC(C)=C(C(C)=N)C(C1)C2. The molecule has 2 bridgehead atoms. The molecule has 84 valence electrons. The lowest BCUT2D eigenvalue weighted by atomic mass is 9.64. The Hall–Kier alpha value is -0.590. The second-order valence-electron chi connectivity index (χ2n) is 5.57. The molecule has 15 heavy (non-hydrogen) atoms. The van der Waals surface area contributed by atoms with Gasteiger partial charge < -0.3 is 5.41 Å². The molecule has 0 saturated heterocycles. The summed E-state index contributed by atoms with van der Waals surface area (Å²) in [7, 11) is 0. The maximum atomic E-state index is 7.91. The van der Waals surface area contributed by atoms with E-state index in [1.54, 1.807) is 0 Å². The van der Waals surface area contributed by atoms with Crippen molar-refractivity contribution in [3.63, 3.8) is 0 Å². The molecule has 0 heterocycles. The highest BCUT2D eigenvalue weighted by atomic mass is 14.5. The molecule has 0 aromatic rings. The average molecular weight is 205 g/mol. The number of allylic oxidation sites excluding steroid dienone is 2. The highest BCUT2D eigenvalue weighted by Crippen LogP contribution is 2.46. The van der Waals surface area contributed by atoms with Gasteiger partial charge in [-0.1, -0.05) is 18.9 Å². The third-order valence-corrected chi connectivity index (χ3v) is 4.35. The van der Waals surface area contributed by atoms with Crippen LogP contribution in [0.3, 0.4) is 0 Å². The van der Waals surface area contributed by atoms with Gasteiger partial charge in [-0.25, -0.2) is 0 Å². The number of nitrogens with one attached hydrogen (secondary N) is 1. The molecule has 1 fully saturated rings. The average Bonchev–Trinajstić information content (AvgIpc) is 2.15. The van der Waals surface area contributed by atoms with E-state index in [4.69, 9.17) is 5.41 Å². The zero-order chi connectivity index (χ0) is 11.0. The number of hydrogen-bond acceptors (Lipinski definition) is 1. The second kappa shape index (κ2) is 4.11. The van der Waals surface area contributed by atoms with Crippen LogP contribution in [0.15, 0.2) is 11.1 Å². The first-order valence-corrected chi connectivity index (χ1v) is 6.37. The van der Waals surface area contributed by atoms with Gasteiger partial charge in [0, 0.05) is 5.71 Å². The minimum atomic E-state index is 0.722. The Kier molecular flexibility index (Phi) is 2.99. The molecule has 2 aliphatic carbocycles. The van der Waals surface area contributed by atoms with Gasteiger partial charge in [0.1, 0.15) is 0 Å². The summed E-state index contributed by atoms with van der Waals surface area (Å²) in [5.74, 6) is 2.58. The van der Waals surface area contributed by atoms with Crippen LogP contribution < -0.4 is 0 Å². The molecule has 0 amide bonds. The van der Waals surface area contributed by atoms with Crippen LogP contribution in [0.1, 0.15) is 52.9 Å². The zero-order valence-electron chi connectivity index (χ0n) is 10.3. The van der Waals surface area contributed by atoms with E-state index in [1.807, 2.05) is 6.92 Å². The van der Waals surface area contributed by atoms with Crippen molar-refractivity contribution in [2.45, 2.75) is 52.9 Å². The molecule has 1 heteroatoms. The van der Waals surface area contributed by atoms with E-state index in [1.165, 1.54) is 43.3 Å². The van der Waals surface area contributed by atoms with Crippen LogP contribution in [0.4, 0.5) is 0 Å². The van der Waals surface area contributed by atoms with Crippen molar-refractivity contribution < 1.29 is 0 Å². The van der Waals surface area contributed by atoms with Gasteiger partial charge in [-0.2, -0.15) is 0 Å². The molecular formula is C14H23N. The minimum Gasteiger partial charge on any atom is -0.305 e. The molecule has 1 nitrogen and oxygen atoms in total. The summed E-state index contributed by atoms with van der Waals surface area (Å²) >= 11 is 0. The fourth-order valence-corrected chi connectivity index (χ4v) is 3.82. The van der Waals surface area contributed by atoms with Gasteiger partial charge in [0.05, 0.1) is 0 Å². The molecule has 0 spiro atoms. The summed E-state index contributed by atoms with van der Waals surface area (Å²) in [6, 6.07) is 0. The number of fused-ring (bicyclic) bond motifs is 2. The van der Waals surface area contributed by atoms with E-state index in [0.717, 1.165) is 23.5 Å². The Morgan fingerprint density at radius 1 is 1.33 bits per heavy atom. The molecule has 1 N–H and O–H groups in total. The third-order valence-electron chi connectivity index (χ3n) is 4.35.